The highest BCUT2D eigenvalue weighted by Gasteiger charge is 2.51. The van der Waals surface area contributed by atoms with Crippen molar-refractivity contribution in [2.75, 3.05) is 0 Å². The Morgan fingerprint density at radius 1 is 1.40 bits per heavy atom. The van der Waals surface area contributed by atoms with Crippen LogP contribution in [0.5, 0.6) is 0 Å². The van der Waals surface area contributed by atoms with Crippen molar-refractivity contribution in [3.05, 3.63) is 34.6 Å². The summed E-state index contributed by atoms with van der Waals surface area (Å²) in [6.07, 6.45) is 0.583. The van der Waals surface area contributed by atoms with Gasteiger partial charge in [0.15, 0.2) is 5.67 Å². The molecular weight excluding hydrogens is 304 g/mol. The fourth-order valence-electron chi connectivity index (χ4n) is 1.63. The monoisotopic (exact) mass is 319 g/mol. The Bertz CT molecular complexity index is 553. The normalized spacial score (nSPS) is 19.9. The molecule has 6 heteroatoms. The van der Waals surface area contributed by atoms with Crippen molar-refractivity contribution in [1.82, 2.24) is 0 Å². The molecular formula is C14H16ClF2NOS. The predicted octanol–water partition coefficient (Wildman–Crippen LogP) is 4.23. The van der Waals surface area contributed by atoms with Gasteiger partial charge in [0, 0.05) is 5.56 Å². The number of hydrogen-bond acceptors (Lipinski definition) is 2. The Balaban J connectivity index is 2.50. The molecule has 0 spiro atoms. The van der Waals surface area contributed by atoms with Gasteiger partial charge in [-0.2, -0.15) is 0 Å². The largest absolute Gasteiger partial charge is 0.591 e. The highest BCUT2D eigenvalue weighted by Crippen LogP contribution is 2.45. The van der Waals surface area contributed by atoms with Gasteiger partial charge in [0.1, 0.15) is 27.6 Å². The van der Waals surface area contributed by atoms with E-state index < -0.39 is 27.6 Å². The summed E-state index contributed by atoms with van der Waals surface area (Å²) in [5, 5.41) is -0.180. The van der Waals surface area contributed by atoms with Crippen LogP contribution in [0.1, 0.15) is 39.2 Å². The van der Waals surface area contributed by atoms with Gasteiger partial charge >= 0.3 is 0 Å². The molecule has 0 saturated heterocycles. The first kappa shape index (κ1) is 15.7. The number of halogens is 3. The molecule has 1 aromatic rings. The van der Waals surface area contributed by atoms with E-state index in [1.165, 1.54) is 18.2 Å². The average molecular weight is 320 g/mol. The molecule has 1 saturated carbocycles. The summed E-state index contributed by atoms with van der Waals surface area (Å²) >= 11 is 4.28. The average Bonchev–Trinajstić information content (AvgIpc) is 3.08. The molecule has 1 fully saturated rings. The van der Waals surface area contributed by atoms with E-state index in [0.717, 1.165) is 0 Å². The molecule has 0 heterocycles. The van der Waals surface area contributed by atoms with Crippen LogP contribution in [-0.2, 0) is 11.4 Å². The molecule has 20 heavy (non-hydrogen) atoms. The molecule has 0 radical (unpaired) electrons. The Labute approximate surface area is 125 Å². The lowest BCUT2D eigenvalue weighted by molar-refractivity contribution is 0.407. The molecule has 0 aliphatic heterocycles. The van der Waals surface area contributed by atoms with Crippen LogP contribution >= 0.6 is 11.6 Å². The minimum absolute atomic E-state index is 0.00439. The van der Waals surface area contributed by atoms with Gasteiger partial charge in [-0.1, -0.05) is 28.1 Å². The Morgan fingerprint density at radius 2 is 2.00 bits per heavy atom. The van der Waals surface area contributed by atoms with E-state index in [-0.39, 0.29) is 16.3 Å². The first-order valence-electron chi connectivity index (χ1n) is 6.30. The zero-order chi connectivity index (χ0) is 15.1. The maximum absolute atomic E-state index is 14.5. The van der Waals surface area contributed by atoms with Crippen LogP contribution in [0.25, 0.3) is 0 Å². The summed E-state index contributed by atoms with van der Waals surface area (Å²) in [5.74, 6) is -0.636. The SMILES string of the molecule is CC(C)(C)[S+]([O-])N=C(c1cccc(F)c1Cl)C1(F)CC1. The molecule has 2 rings (SSSR count). The second-order valence-electron chi connectivity index (χ2n) is 5.87. The van der Waals surface area contributed by atoms with E-state index in [9.17, 15) is 13.3 Å². The molecule has 1 unspecified atom stereocenters. The highest BCUT2D eigenvalue weighted by molar-refractivity contribution is 7.91. The van der Waals surface area contributed by atoms with E-state index in [1.807, 2.05) is 0 Å². The fraction of sp³-hybridized carbons (Fsp3) is 0.500. The lowest BCUT2D eigenvalue weighted by Gasteiger charge is -2.20. The minimum atomic E-state index is -1.64. The third-order valence-corrected chi connectivity index (χ3v) is 4.80. The summed E-state index contributed by atoms with van der Waals surface area (Å²) in [6, 6.07) is 4.14. The lowest BCUT2D eigenvalue weighted by atomic mass is 10.0. The maximum Gasteiger partial charge on any atom is 0.158 e. The first-order chi connectivity index (χ1) is 9.15. The van der Waals surface area contributed by atoms with E-state index in [4.69, 9.17) is 11.6 Å². The quantitative estimate of drug-likeness (QED) is 0.606. The second-order valence-corrected chi connectivity index (χ2v) is 8.15. The topological polar surface area (TPSA) is 35.4 Å². The van der Waals surface area contributed by atoms with Gasteiger partial charge in [0.25, 0.3) is 0 Å². The van der Waals surface area contributed by atoms with E-state index >= 15 is 0 Å². The summed E-state index contributed by atoms with van der Waals surface area (Å²) in [4.78, 5) is 0. The summed E-state index contributed by atoms with van der Waals surface area (Å²) < 4.78 is 43.5. The standard InChI is InChI=1S/C14H16ClF2NOS/c1-13(2,3)20(19)18-12(14(17)7-8-14)9-5-4-6-10(16)11(9)15/h4-6H,7-8H2,1-3H3. The smallest absolute Gasteiger partial charge is 0.158 e. The van der Waals surface area contributed by atoms with Crippen molar-refractivity contribution in [2.24, 2.45) is 4.40 Å². The van der Waals surface area contributed by atoms with Crippen molar-refractivity contribution in [2.45, 2.75) is 44.0 Å². The zero-order valence-electron chi connectivity index (χ0n) is 11.5. The molecule has 0 amide bonds. The molecule has 110 valence electrons. The molecule has 1 aromatic carbocycles. The number of benzene rings is 1. The Morgan fingerprint density at radius 3 is 2.50 bits per heavy atom. The maximum atomic E-state index is 14.5. The van der Waals surface area contributed by atoms with Crippen LogP contribution in [0.3, 0.4) is 0 Å². The summed E-state index contributed by atoms with van der Waals surface area (Å²) in [7, 11) is 0. The van der Waals surface area contributed by atoms with Gasteiger partial charge in [-0.3, -0.25) is 0 Å². The van der Waals surface area contributed by atoms with Gasteiger partial charge in [-0.05, 0) is 39.7 Å². The van der Waals surface area contributed by atoms with Crippen LogP contribution in [0.2, 0.25) is 5.02 Å². The molecule has 0 aromatic heterocycles. The van der Waals surface area contributed by atoms with Crippen molar-refractivity contribution >= 4 is 28.7 Å². The minimum Gasteiger partial charge on any atom is -0.591 e. The van der Waals surface area contributed by atoms with Crippen LogP contribution in [0.4, 0.5) is 8.78 Å². The van der Waals surface area contributed by atoms with Crippen LogP contribution in [0, 0.1) is 5.82 Å². The van der Waals surface area contributed by atoms with Gasteiger partial charge in [-0.25, -0.2) is 8.78 Å². The van der Waals surface area contributed by atoms with Crippen LogP contribution < -0.4 is 0 Å². The molecule has 1 aliphatic rings. The van der Waals surface area contributed by atoms with Gasteiger partial charge in [0.2, 0.25) is 0 Å². The van der Waals surface area contributed by atoms with Gasteiger partial charge < -0.3 is 4.55 Å². The third-order valence-electron chi connectivity index (χ3n) is 3.02. The van der Waals surface area contributed by atoms with E-state index in [2.05, 4.69) is 4.40 Å². The zero-order valence-corrected chi connectivity index (χ0v) is 13.1. The number of hydrogen-bond donors (Lipinski definition) is 0. The van der Waals surface area contributed by atoms with Crippen molar-refractivity contribution in [3.8, 4) is 0 Å². The Kier molecular flexibility index (Phi) is 4.15. The molecule has 0 N–H and O–H groups in total. The highest BCUT2D eigenvalue weighted by atomic mass is 35.5. The first-order valence-corrected chi connectivity index (χ1v) is 7.78. The van der Waals surface area contributed by atoms with Crippen LogP contribution in [0.15, 0.2) is 22.6 Å². The third kappa shape index (κ3) is 3.15. The van der Waals surface area contributed by atoms with Crippen molar-refractivity contribution in [3.63, 3.8) is 0 Å². The van der Waals surface area contributed by atoms with Crippen LogP contribution in [-0.4, -0.2) is 20.7 Å². The molecule has 0 bridgehead atoms. The number of alkyl halides is 1. The summed E-state index contributed by atoms with van der Waals surface area (Å²) in [5.41, 5.74) is -1.46. The van der Waals surface area contributed by atoms with Gasteiger partial charge in [-0.15, -0.1) is 0 Å². The Hall–Kier alpha value is -0.650. The molecule has 1 aliphatic carbocycles. The van der Waals surface area contributed by atoms with E-state index in [1.54, 1.807) is 20.8 Å². The van der Waals surface area contributed by atoms with Gasteiger partial charge in [0.05, 0.1) is 5.02 Å². The molecule has 2 nitrogen and oxygen atoms in total. The fourth-order valence-corrected chi connectivity index (χ4v) is 2.54. The van der Waals surface area contributed by atoms with E-state index in [0.29, 0.717) is 12.8 Å². The number of nitrogens with zero attached hydrogens (tertiary/aromatic N) is 1. The predicted molar refractivity (Wildman–Crippen MR) is 78.9 cm³/mol. The molecule has 1 atom stereocenters. The number of rotatable bonds is 3. The lowest BCUT2D eigenvalue weighted by Crippen LogP contribution is -2.30. The summed E-state index contributed by atoms with van der Waals surface area (Å²) in [6.45, 7) is 5.24. The van der Waals surface area contributed by atoms with Crippen molar-refractivity contribution < 1.29 is 13.3 Å². The second kappa shape index (κ2) is 5.28. The van der Waals surface area contributed by atoms with Crippen molar-refractivity contribution in [1.29, 1.82) is 0 Å².